The Labute approximate surface area is 114 Å². The Kier molecular flexibility index (Phi) is 3.21. The summed E-state index contributed by atoms with van der Waals surface area (Å²) in [7, 11) is 1.64. The van der Waals surface area contributed by atoms with E-state index in [9.17, 15) is 5.11 Å². The molecule has 0 radical (unpaired) electrons. The minimum atomic E-state index is 0.313. The summed E-state index contributed by atoms with van der Waals surface area (Å²) in [5, 5.41) is 10.1. The van der Waals surface area contributed by atoms with E-state index in [1.165, 1.54) is 25.7 Å². The number of aliphatic imine (C=N–C) groups is 1. The molecule has 2 aliphatic carbocycles. The van der Waals surface area contributed by atoms with Crippen molar-refractivity contribution in [2.24, 2.45) is 16.8 Å². The lowest BCUT2D eigenvalue weighted by molar-refractivity contribution is 0.411. The van der Waals surface area contributed by atoms with Gasteiger partial charge in [-0.15, -0.1) is 0 Å². The average molecular weight is 259 g/mol. The smallest absolute Gasteiger partial charge is 0.127 e. The van der Waals surface area contributed by atoms with Gasteiger partial charge in [-0.3, -0.25) is 4.99 Å². The molecule has 0 aliphatic heterocycles. The van der Waals surface area contributed by atoms with E-state index in [-0.39, 0.29) is 0 Å². The van der Waals surface area contributed by atoms with Gasteiger partial charge in [0.05, 0.1) is 13.2 Å². The fourth-order valence-corrected chi connectivity index (χ4v) is 3.56. The number of aryl methyl sites for hydroxylation is 1. The second-order valence-corrected chi connectivity index (χ2v) is 5.90. The van der Waals surface area contributed by atoms with Gasteiger partial charge in [-0.2, -0.15) is 0 Å². The van der Waals surface area contributed by atoms with Crippen molar-refractivity contribution < 1.29 is 9.84 Å². The molecule has 2 bridgehead atoms. The minimum Gasteiger partial charge on any atom is -0.507 e. The van der Waals surface area contributed by atoms with E-state index in [1.54, 1.807) is 7.11 Å². The van der Waals surface area contributed by atoms with Crippen LogP contribution in [0.25, 0.3) is 0 Å². The highest BCUT2D eigenvalue weighted by molar-refractivity contribution is 5.85. The number of fused-ring (bicyclic) bond motifs is 2. The van der Waals surface area contributed by atoms with E-state index in [0.29, 0.717) is 11.8 Å². The maximum atomic E-state index is 10.1. The van der Waals surface area contributed by atoms with E-state index in [0.717, 1.165) is 28.7 Å². The highest BCUT2D eigenvalue weighted by Crippen LogP contribution is 2.45. The third kappa shape index (κ3) is 2.34. The highest BCUT2D eigenvalue weighted by Gasteiger charge is 2.39. The Hall–Kier alpha value is -1.51. The van der Waals surface area contributed by atoms with Crippen molar-refractivity contribution in [1.29, 1.82) is 0 Å². The van der Waals surface area contributed by atoms with Crippen molar-refractivity contribution in [1.82, 2.24) is 0 Å². The number of phenols is 1. The summed E-state index contributed by atoms with van der Waals surface area (Å²) < 4.78 is 5.24. The standard InChI is InChI=1S/C16H21NO2/c1-10-5-14(19-2)8-13(16(10)18)9-17-15-7-11-3-4-12(15)6-11/h5,8-9,11-12,15,18H,3-4,6-7H2,1-2H3. The van der Waals surface area contributed by atoms with Crippen LogP contribution in [0.1, 0.15) is 36.8 Å². The molecule has 3 atom stereocenters. The Morgan fingerprint density at radius 3 is 2.79 bits per heavy atom. The molecule has 2 fully saturated rings. The van der Waals surface area contributed by atoms with E-state index < -0.39 is 0 Å². The summed E-state index contributed by atoms with van der Waals surface area (Å²) in [6, 6.07) is 4.15. The largest absolute Gasteiger partial charge is 0.507 e. The molecule has 0 saturated heterocycles. The molecule has 3 nitrogen and oxygen atoms in total. The summed E-state index contributed by atoms with van der Waals surface area (Å²) >= 11 is 0. The van der Waals surface area contributed by atoms with Crippen LogP contribution in [0.3, 0.4) is 0 Å². The van der Waals surface area contributed by atoms with Crippen LogP contribution in [-0.2, 0) is 0 Å². The van der Waals surface area contributed by atoms with E-state index >= 15 is 0 Å². The number of phenolic OH excluding ortho intramolecular Hbond substituents is 1. The van der Waals surface area contributed by atoms with Gasteiger partial charge in [0.25, 0.3) is 0 Å². The second kappa shape index (κ2) is 4.87. The number of aromatic hydroxyl groups is 1. The fraction of sp³-hybridized carbons (Fsp3) is 0.562. The lowest BCUT2D eigenvalue weighted by Crippen LogP contribution is -2.14. The number of nitrogens with zero attached hydrogens (tertiary/aromatic N) is 1. The quantitative estimate of drug-likeness (QED) is 0.846. The normalized spacial score (nSPS) is 29.3. The molecule has 19 heavy (non-hydrogen) atoms. The first-order chi connectivity index (χ1) is 9.17. The summed E-state index contributed by atoms with van der Waals surface area (Å²) in [6.45, 7) is 1.88. The van der Waals surface area contributed by atoms with Crippen molar-refractivity contribution in [3.63, 3.8) is 0 Å². The number of hydrogen-bond donors (Lipinski definition) is 1. The van der Waals surface area contributed by atoms with Gasteiger partial charge >= 0.3 is 0 Å². The Morgan fingerprint density at radius 1 is 1.32 bits per heavy atom. The topological polar surface area (TPSA) is 41.8 Å². The van der Waals surface area contributed by atoms with Gasteiger partial charge in [-0.05, 0) is 55.7 Å². The predicted octanol–water partition coefficient (Wildman–Crippen LogP) is 3.32. The predicted molar refractivity (Wildman–Crippen MR) is 76.2 cm³/mol. The van der Waals surface area contributed by atoms with Crippen LogP contribution in [0.5, 0.6) is 11.5 Å². The van der Waals surface area contributed by atoms with Crippen LogP contribution in [0.4, 0.5) is 0 Å². The van der Waals surface area contributed by atoms with Crippen LogP contribution in [0.2, 0.25) is 0 Å². The molecule has 0 amide bonds. The molecule has 1 aromatic rings. The maximum absolute atomic E-state index is 10.1. The van der Waals surface area contributed by atoms with Crippen LogP contribution in [-0.4, -0.2) is 24.5 Å². The number of benzene rings is 1. The third-order valence-corrected chi connectivity index (χ3v) is 4.65. The van der Waals surface area contributed by atoms with Gasteiger partial charge in [0.2, 0.25) is 0 Å². The van der Waals surface area contributed by atoms with Crippen molar-refractivity contribution in [2.45, 2.75) is 38.6 Å². The second-order valence-electron chi connectivity index (χ2n) is 5.90. The molecule has 3 heteroatoms. The van der Waals surface area contributed by atoms with Gasteiger partial charge in [-0.25, -0.2) is 0 Å². The molecule has 2 saturated carbocycles. The Balaban J connectivity index is 1.81. The summed E-state index contributed by atoms with van der Waals surface area (Å²) in [6.07, 6.45) is 7.13. The monoisotopic (exact) mass is 259 g/mol. The number of rotatable bonds is 3. The van der Waals surface area contributed by atoms with Crippen LogP contribution < -0.4 is 4.74 Å². The summed E-state index contributed by atoms with van der Waals surface area (Å²) in [5.41, 5.74) is 1.59. The van der Waals surface area contributed by atoms with Crippen LogP contribution in [0, 0.1) is 18.8 Å². The Morgan fingerprint density at radius 2 is 2.16 bits per heavy atom. The van der Waals surface area contributed by atoms with Gasteiger partial charge in [-0.1, -0.05) is 6.42 Å². The molecule has 1 N–H and O–H groups in total. The maximum Gasteiger partial charge on any atom is 0.127 e. The van der Waals surface area contributed by atoms with E-state index in [2.05, 4.69) is 0 Å². The van der Waals surface area contributed by atoms with E-state index in [4.69, 9.17) is 9.73 Å². The number of methoxy groups -OCH3 is 1. The van der Waals surface area contributed by atoms with Crippen molar-refractivity contribution in [3.8, 4) is 11.5 Å². The molecule has 0 aromatic heterocycles. The van der Waals surface area contributed by atoms with E-state index in [1.807, 2.05) is 25.3 Å². The molecule has 2 aliphatic rings. The third-order valence-electron chi connectivity index (χ3n) is 4.65. The first-order valence-corrected chi connectivity index (χ1v) is 7.08. The Bertz CT molecular complexity index is 510. The first kappa shape index (κ1) is 12.5. The molecule has 1 aromatic carbocycles. The fourth-order valence-electron chi connectivity index (χ4n) is 3.56. The minimum absolute atomic E-state index is 0.313. The highest BCUT2D eigenvalue weighted by atomic mass is 16.5. The molecular weight excluding hydrogens is 238 g/mol. The molecule has 3 rings (SSSR count). The van der Waals surface area contributed by atoms with Crippen molar-refractivity contribution in [3.05, 3.63) is 23.3 Å². The molecular formula is C16H21NO2. The summed E-state index contributed by atoms with van der Waals surface area (Å²) in [5.74, 6) is 2.75. The SMILES string of the molecule is COc1cc(C)c(O)c(C=NC2CC3CCC2C3)c1. The molecule has 3 unspecified atom stereocenters. The number of ether oxygens (including phenoxy) is 1. The van der Waals surface area contributed by atoms with Crippen LogP contribution in [0.15, 0.2) is 17.1 Å². The summed E-state index contributed by atoms with van der Waals surface area (Å²) in [4.78, 5) is 4.71. The van der Waals surface area contributed by atoms with Crippen LogP contribution >= 0.6 is 0 Å². The zero-order valence-corrected chi connectivity index (χ0v) is 11.6. The zero-order chi connectivity index (χ0) is 13.4. The molecule has 0 spiro atoms. The zero-order valence-electron chi connectivity index (χ0n) is 11.6. The van der Waals surface area contributed by atoms with Gasteiger partial charge in [0, 0.05) is 11.8 Å². The lowest BCUT2D eigenvalue weighted by Gasteiger charge is -2.17. The van der Waals surface area contributed by atoms with Gasteiger partial charge in [0.1, 0.15) is 11.5 Å². The van der Waals surface area contributed by atoms with Gasteiger partial charge in [0.15, 0.2) is 0 Å². The molecule has 0 heterocycles. The lowest BCUT2D eigenvalue weighted by atomic mass is 9.96. The van der Waals surface area contributed by atoms with Gasteiger partial charge < -0.3 is 9.84 Å². The van der Waals surface area contributed by atoms with Crippen molar-refractivity contribution in [2.75, 3.05) is 7.11 Å². The van der Waals surface area contributed by atoms with Crippen molar-refractivity contribution >= 4 is 6.21 Å². The number of hydrogen-bond acceptors (Lipinski definition) is 3. The first-order valence-electron chi connectivity index (χ1n) is 7.08. The average Bonchev–Trinajstić information content (AvgIpc) is 3.02. The molecule has 102 valence electrons.